The molecule has 1 saturated heterocycles. The van der Waals surface area contributed by atoms with Crippen LogP contribution in [0.2, 0.25) is 0 Å². The number of piperidine rings is 1. The van der Waals surface area contributed by atoms with E-state index in [-0.39, 0.29) is 29.8 Å². The van der Waals surface area contributed by atoms with Crippen LogP contribution in [0.4, 0.5) is 8.78 Å². The second-order valence-electron chi connectivity index (χ2n) is 6.88. The van der Waals surface area contributed by atoms with Gasteiger partial charge in [0.25, 0.3) is 0 Å². The van der Waals surface area contributed by atoms with Crippen LogP contribution < -0.4 is 0 Å². The molecule has 0 bridgehead atoms. The molecule has 1 spiro atoms. The van der Waals surface area contributed by atoms with Gasteiger partial charge in [-0.3, -0.25) is 9.69 Å². The highest BCUT2D eigenvalue weighted by atomic mass is 35.5. The van der Waals surface area contributed by atoms with Crippen LogP contribution in [0.25, 0.3) is 5.57 Å². The largest absolute Gasteiger partial charge is 0.486 e. The van der Waals surface area contributed by atoms with E-state index >= 15 is 0 Å². The summed E-state index contributed by atoms with van der Waals surface area (Å²) in [5.74, 6) is -0.592. The molecule has 27 heavy (non-hydrogen) atoms. The van der Waals surface area contributed by atoms with E-state index in [1.165, 1.54) is 30.5 Å². The maximum absolute atomic E-state index is 13.1. The summed E-state index contributed by atoms with van der Waals surface area (Å²) in [5, 5.41) is 0. The minimum atomic E-state index is -0.803. The molecule has 6 heteroatoms. The SMILES string of the molecule is Cl.O=C1C(c2ccc(F)cc2)=COC12CCN(Cc1ccc(F)cc1)CC2. The van der Waals surface area contributed by atoms with Crippen molar-refractivity contribution in [1.82, 2.24) is 4.90 Å². The minimum absolute atomic E-state index is 0. The summed E-state index contributed by atoms with van der Waals surface area (Å²) in [4.78, 5) is 15.2. The van der Waals surface area contributed by atoms with Crippen LogP contribution >= 0.6 is 12.4 Å². The first kappa shape index (κ1) is 19.5. The standard InChI is InChI=1S/C21H19F2NO2.ClH/c22-17-5-1-15(2-6-17)13-24-11-9-21(10-12-24)20(25)19(14-26-21)16-3-7-18(23)8-4-16;/h1-8,14H,9-13H2;1H. The van der Waals surface area contributed by atoms with Gasteiger partial charge in [0.2, 0.25) is 5.78 Å². The summed E-state index contributed by atoms with van der Waals surface area (Å²) in [6, 6.07) is 12.4. The van der Waals surface area contributed by atoms with Crippen LogP contribution in [0.1, 0.15) is 24.0 Å². The molecular formula is C21H20ClF2NO2. The molecule has 2 aromatic rings. The van der Waals surface area contributed by atoms with Gasteiger partial charge in [-0.25, -0.2) is 8.78 Å². The van der Waals surface area contributed by atoms with Gasteiger partial charge in [0, 0.05) is 32.5 Å². The summed E-state index contributed by atoms with van der Waals surface area (Å²) in [6.07, 6.45) is 2.73. The van der Waals surface area contributed by atoms with E-state index in [1.807, 2.05) is 0 Å². The van der Waals surface area contributed by atoms with Gasteiger partial charge in [-0.05, 0) is 35.4 Å². The molecule has 2 aromatic carbocycles. The Morgan fingerprint density at radius 1 is 0.926 bits per heavy atom. The Balaban J connectivity index is 0.00000210. The Morgan fingerprint density at radius 3 is 2.07 bits per heavy atom. The first-order chi connectivity index (χ1) is 12.6. The zero-order chi connectivity index (χ0) is 18.1. The van der Waals surface area contributed by atoms with Gasteiger partial charge < -0.3 is 4.74 Å². The third kappa shape index (κ3) is 3.89. The number of nitrogens with zero attached hydrogens (tertiary/aromatic N) is 1. The molecule has 0 N–H and O–H groups in total. The van der Waals surface area contributed by atoms with Crippen LogP contribution in [-0.4, -0.2) is 29.4 Å². The molecule has 2 aliphatic heterocycles. The van der Waals surface area contributed by atoms with Crippen molar-refractivity contribution in [3.63, 3.8) is 0 Å². The number of benzene rings is 2. The molecular weight excluding hydrogens is 372 g/mol. The van der Waals surface area contributed by atoms with Crippen molar-refractivity contribution in [1.29, 1.82) is 0 Å². The zero-order valence-corrected chi connectivity index (χ0v) is 15.5. The lowest BCUT2D eigenvalue weighted by Gasteiger charge is -2.37. The fourth-order valence-corrected chi connectivity index (χ4v) is 3.62. The predicted octanol–water partition coefficient (Wildman–Crippen LogP) is 4.36. The van der Waals surface area contributed by atoms with E-state index in [0.717, 1.165) is 25.2 Å². The summed E-state index contributed by atoms with van der Waals surface area (Å²) in [5.41, 5.74) is 1.44. The Hall–Kier alpha value is -2.24. The van der Waals surface area contributed by atoms with Gasteiger partial charge >= 0.3 is 0 Å². The lowest BCUT2D eigenvalue weighted by Crippen LogP contribution is -2.48. The number of halogens is 3. The highest BCUT2D eigenvalue weighted by molar-refractivity contribution is 6.26. The van der Waals surface area contributed by atoms with Gasteiger partial charge in [-0.15, -0.1) is 12.4 Å². The number of ketones is 1. The zero-order valence-electron chi connectivity index (χ0n) is 14.7. The normalized spacial score (nSPS) is 18.7. The smallest absolute Gasteiger partial charge is 0.210 e. The Labute approximate surface area is 163 Å². The number of carbonyl (C=O) groups is 1. The van der Waals surface area contributed by atoms with Crippen molar-refractivity contribution in [2.75, 3.05) is 13.1 Å². The van der Waals surface area contributed by atoms with Gasteiger partial charge in [0.05, 0.1) is 11.8 Å². The van der Waals surface area contributed by atoms with Crippen molar-refractivity contribution >= 4 is 23.8 Å². The molecule has 0 radical (unpaired) electrons. The summed E-state index contributed by atoms with van der Waals surface area (Å²) >= 11 is 0. The molecule has 0 atom stereocenters. The van der Waals surface area contributed by atoms with E-state index in [1.54, 1.807) is 24.3 Å². The van der Waals surface area contributed by atoms with Crippen molar-refractivity contribution in [3.8, 4) is 0 Å². The molecule has 2 aliphatic rings. The molecule has 0 unspecified atom stereocenters. The maximum Gasteiger partial charge on any atom is 0.210 e. The highest BCUT2D eigenvalue weighted by Crippen LogP contribution is 2.38. The molecule has 2 heterocycles. The van der Waals surface area contributed by atoms with E-state index in [9.17, 15) is 13.6 Å². The van der Waals surface area contributed by atoms with Gasteiger partial charge in [0.1, 0.15) is 11.6 Å². The van der Waals surface area contributed by atoms with Gasteiger partial charge in [-0.2, -0.15) is 0 Å². The number of ether oxygens (including phenoxy) is 1. The third-order valence-corrected chi connectivity index (χ3v) is 5.20. The second-order valence-corrected chi connectivity index (χ2v) is 6.88. The molecule has 0 aliphatic carbocycles. The maximum atomic E-state index is 13.1. The van der Waals surface area contributed by atoms with Gasteiger partial charge in [-0.1, -0.05) is 24.3 Å². The van der Waals surface area contributed by atoms with Crippen molar-refractivity contribution < 1.29 is 18.3 Å². The Kier molecular flexibility index (Phi) is 5.63. The lowest BCUT2D eigenvalue weighted by molar-refractivity contribution is -0.133. The number of hydrogen-bond acceptors (Lipinski definition) is 3. The van der Waals surface area contributed by atoms with Crippen LogP contribution in [0.15, 0.2) is 54.8 Å². The molecule has 0 aromatic heterocycles. The number of rotatable bonds is 3. The number of hydrogen-bond donors (Lipinski definition) is 0. The summed E-state index contributed by atoms with van der Waals surface area (Å²) in [6.45, 7) is 2.18. The van der Waals surface area contributed by atoms with E-state index in [2.05, 4.69) is 4.90 Å². The van der Waals surface area contributed by atoms with Crippen LogP contribution in [0.5, 0.6) is 0 Å². The number of Topliss-reactive ketones (excluding diaryl/α,β-unsaturated/α-hetero) is 1. The summed E-state index contributed by atoms with van der Waals surface area (Å²) in [7, 11) is 0. The van der Waals surface area contributed by atoms with E-state index < -0.39 is 5.60 Å². The molecule has 4 rings (SSSR count). The Bertz CT molecular complexity index is 841. The number of likely N-dealkylation sites (tertiary alicyclic amines) is 1. The fraction of sp³-hybridized carbons (Fsp3) is 0.286. The first-order valence-electron chi connectivity index (χ1n) is 8.71. The lowest BCUT2D eigenvalue weighted by atomic mass is 9.84. The number of carbonyl (C=O) groups excluding carboxylic acids is 1. The van der Waals surface area contributed by atoms with Crippen LogP contribution in [0.3, 0.4) is 0 Å². The van der Waals surface area contributed by atoms with Gasteiger partial charge in [0.15, 0.2) is 5.60 Å². The fourth-order valence-electron chi connectivity index (χ4n) is 3.62. The van der Waals surface area contributed by atoms with Crippen LogP contribution in [-0.2, 0) is 16.1 Å². The van der Waals surface area contributed by atoms with Crippen molar-refractivity contribution in [3.05, 3.63) is 77.6 Å². The van der Waals surface area contributed by atoms with Crippen molar-refractivity contribution in [2.45, 2.75) is 25.0 Å². The molecule has 0 amide bonds. The topological polar surface area (TPSA) is 29.5 Å². The first-order valence-corrected chi connectivity index (χ1v) is 8.71. The monoisotopic (exact) mass is 391 g/mol. The summed E-state index contributed by atoms with van der Waals surface area (Å²) < 4.78 is 31.9. The molecule has 1 fully saturated rings. The average molecular weight is 392 g/mol. The average Bonchev–Trinajstić information content (AvgIpc) is 2.96. The molecule has 3 nitrogen and oxygen atoms in total. The second kappa shape index (κ2) is 7.79. The van der Waals surface area contributed by atoms with E-state index in [4.69, 9.17) is 4.74 Å². The predicted molar refractivity (Wildman–Crippen MR) is 101 cm³/mol. The van der Waals surface area contributed by atoms with Crippen molar-refractivity contribution in [2.24, 2.45) is 0 Å². The molecule has 142 valence electrons. The Morgan fingerprint density at radius 2 is 1.48 bits per heavy atom. The quantitative estimate of drug-likeness (QED) is 0.778. The van der Waals surface area contributed by atoms with E-state index in [0.29, 0.717) is 24.0 Å². The highest BCUT2D eigenvalue weighted by Gasteiger charge is 2.47. The molecule has 0 saturated carbocycles. The minimum Gasteiger partial charge on any atom is -0.486 e. The third-order valence-electron chi connectivity index (χ3n) is 5.20. The van der Waals surface area contributed by atoms with Crippen LogP contribution in [0, 0.1) is 11.6 Å².